The second-order valence-electron chi connectivity index (χ2n) is 8.85. The van der Waals surface area contributed by atoms with Gasteiger partial charge in [0, 0.05) is 12.8 Å². The molecular weight excluding hydrogens is 590 g/mol. The topological polar surface area (TPSA) is 366 Å². The molecule has 12 N–H and O–H groups in total. The Morgan fingerprint density at radius 3 is 1.12 bits per heavy atom. The van der Waals surface area contributed by atoms with E-state index in [0.29, 0.717) is 0 Å². The smallest absolute Gasteiger partial charge is 0.326 e. The summed E-state index contributed by atoms with van der Waals surface area (Å²) in [5.41, 5.74) is 5.39. The summed E-state index contributed by atoms with van der Waals surface area (Å²) >= 11 is 0. The maximum Gasteiger partial charge on any atom is 0.326 e. The highest BCUT2D eigenvalue weighted by molar-refractivity contribution is 5.97. The Morgan fingerprint density at radius 1 is 0.442 bits per heavy atom. The van der Waals surface area contributed by atoms with Gasteiger partial charge in [-0.15, -0.1) is 0 Å². The third-order valence-corrected chi connectivity index (χ3v) is 5.30. The Labute approximate surface area is 240 Å². The van der Waals surface area contributed by atoms with Gasteiger partial charge in [-0.3, -0.25) is 43.2 Å². The number of amides is 4. The van der Waals surface area contributed by atoms with Gasteiger partial charge in [0.05, 0.1) is 25.3 Å². The first-order valence-corrected chi connectivity index (χ1v) is 12.1. The van der Waals surface area contributed by atoms with Crippen LogP contribution in [0.25, 0.3) is 0 Å². The molecule has 0 aromatic rings. The molecule has 5 atom stereocenters. The molecule has 0 aromatic carbocycles. The van der Waals surface area contributed by atoms with Crippen LogP contribution < -0.4 is 27.0 Å². The Hall–Kier alpha value is -5.34. The van der Waals surface area contributed by atoms with Crippen LogP contribution in [0, 0.1) is 0 Å². The lowest BCUT2D eigenvalue weighted by atomic mass is 10.1. The highest BCUT2D eigenvalue weighted by atomic mass is 16.4. The van der Waals surface area contributed by atoms with Crippen molar-refractivity contribution in [3.63, 3.8) is 0 Å². The number of hydrogen-bond donors (Lipinski definition) is 11. The summed E-state index contributed by atoms with van der Waals surface area (Å²) in [7, 11) is 0. The normalized spacial score (nSPS) is 14.0. The van der Waals surface area contributed by atoms with Crippen LogP contribution in [0.5, 0.6) is 0 Å². The number of hydrogen-bond acceptors (Lipinski definition) is 11. The van der Waals surface area contributed by atoms with Gasteiger partial charge >= 0.3 is 35.8 Å². The van der Waals surface area contributed by atoms with Crippen LogP contribution in [0.1, 0.15) is 44.9 Å². The van der Waals surface area contributed by atoms with E-state index < -0.39 is 135 Å². The second-order valence-corrected chi connectivity index (χ2v) is 8.85. The SMILES string of the molecule is N[C@@H](CC(=O)O)C(=O)N[C@@H](CC(=O)O)C(=O)N[C@@H](CCC(=O)O)C(=O)N[C@@H](CCC(=O)O)C(=O)N[C@@H](CC(=O)O)C(=O)O. The van der Waals surface area contributed by atoms with Crippen molar-refractivity contribution in [3.05, 3.63) is 0 Å². The van der Waals surface area contributed by atoms with E-state index in [2.05, 4.69) is 0 Å². The Kier molecular flexibility index (Phi) is 15.9. The second kappa shape index (κ2) is 18.2. The number of aliphatic carboxylic acids is 6. The lowest BCUT2D eigenvalue weighted by molar-refractivity contribution is -0.147. The molecule has 0 aromatic heterocycles. The molecule has 43 heavy (non-hydrogen) atoms. The van der Waals surface area contributed by atoms with Crippen LogP contribution in [-0.4, -0.2) is 120 Å². The predicted octanol–water partition coefficient (Wildman–Crippen LogP) is -4.51. The summed E-state index contributed by atoms with van der Waals surface area (Å²) in [6.07, 6.45) is -6.02. The van der Waals surface area contributed by atoms with Gasteiger partial charge in [0.15, 0.2) is 0 Å². The molecule has 0 aliphatic carbocycles. The van der Waals surface area contributed by atoms with Gasteiger partial charge in [0.25, 0.3) is 0 Å². The molecule has 0 saturated carbocycles. The number of carboxylic acid groups (broad SMARTS) is 6. The number of rotatable bonds is 21. The molecule has 0 radical (unpaired) electrons. The van der Waals surface area contributed by atoms with Crippen LogP contribution >= 0.6 is 0 Å². The third kappa shape index (κ3) is 15.9. The highest BCUT2D eigenvalue weighted by Gasteiger charge is 2.33. The van der Waals surface area contributed by atoms with Crippen LogP contribution in [0.15, 0.2) is 0 Å². The molecule has 0 unspecified atom stereocenters. The standard InChI is InChI=1S/C22H31N5O16/c23-8(5-15(32)33)18(38)26-11(6-16(34)35)21(41)25-9(1-3-13(28)29)19(39)24-10(2-4-14(30)31)20(40)27-12(22(42)43)7-17(36)37/h8-12H,1-7,23H2,(H,24,39)(H,25,41)(H,26,38)(H,27,40)(H,28,29)(H,30,31)(H,32,33)(H,34,35)(H,36,37)(H,42,43)/t8-,9-,10-,11-,12-/m0/s1. The molecule has 0 spiro atoms. The van der Waals surface area contributed by atoms with Crippen molar-refractivity contribution in [2.24, 2.45) is 5.73 Å². The zero-order chi connectivity index (χ0) is 33.4. The van der Waals surface area contributed by atoms with Gasteiger partial charge in [-0.25, -0.2) is 4.79 Å². The van der Waals surface area contributed by atoms with E-state index in [9.17, 15) is 47.9 Å². The van der Waals surface area contributed by atoms with Crippen molar-refractivity contribution in [2.45, 2.75) is 75.2 Å². The average molecular weight is 622 g/mol. The van der Waals surface area contributed by atoms with E-state index in [1.54, 1.807) is 0 Å². The lowest BCUT2D eigenvalue weighted by Crippen LogP contribution is -2.59. The molecule has 0 fully saturated rings. The van der Waals surface area contributed by atoms with Gasteiger partial charge < -0.3 is 57.6 Å². The molecule has 0 heterocycles. The van der Waals surface area contributed by atoms with Gasteiger partial charge in [0.1, 0.15) is 24.2 Å². The van der Waals surface area contributed by atoms with Crippen LogP contribution in [-0.2, 0) is 47.9 Å². The minimum absolute atomic E-state index is 0.676. The van der Waals surface area contributed by atoms with Gasteiger partial charge in [-0.2, -0.15) is 0 Å². The quantitative estimate of drug-likeness (QED) is 0.0575. The minimum atomic E-state index is -2.00. The summed E-state index contributed by atoms with van der Waals surface area (Å²) in [6.45, 7) is 0. The average Bonchev–Trinajstić information content (AvgIpc) is 2.86. The zero-order valence-corrected chi connectivity index (χ0v) is 22.2. The molecule has 0 aliphatic heterocycles. The summed E-state index contributed by atoms with van der Waals surface area (Å²) in [5, 5.41) is 61.6. The van der Waals surface area contributed by atoms with E-state index in [1.165, 1.54) is 0 Å². The van der Waals surface area contributed by atoms with Gasteiger partial charge in [-0.05, 0) is 12.8 Å². The van der Waals surface area contributed by atoms with E-state index >= 15 is 0 Å². The maximum absolute atomic E-state index is 13.0. The van der Waals surface area contributed by atoms with Crippen molar-refractivity contribution in [3.8, 4) is 0 Å². The molecule has 21 nitrogen and oxygen atoms in total. The number of carbonyl (C=O) groups is 10. The first-order valence-electron chi connectivity index (χ1n) is 12.1. The first kappa shape index (κ1) is 37.7. The Balaban J connectivity index is 6.05. The summed E-state index contributed by atoms with van der Waals surface area (Å²) < 4.78 is 0. The highest BCUT2D eigenvalue weighted by Crippen LogP contribution is 2.06. The molecular formula is C22H31N5O16. The van der Waals surface area contributed by atoms with Crippen molar-refractivity contribution in [1.82, 2.24) is 21.3 Å². The Morgan fingerprint density at radius 2 is 0.767 bits per heavy atom. The van der Waals surface area contributed by atoms with Crippen molar-refractivity contribution in [2.75, 3.05) is 0 Å². The van der Waals surface area contributed by atoms with Crippen molar-refractivity contribution in [1.29, 1.82) is 0 Å². The molecule has 0 saturated heterocycles. The lowest BCUT2D eigenvalue weighted by Gasteiger charge is -2.25. The number of carbonyl (C=O) groups excluding carboxylic acids is 4. The van der Waals surface area contributed by atoms with Gasteiger partial charge in [-0.1, -0.05) is 0 Å². The Bertz CT molecular complexity index is 1120. The molecule has 0 bridgehead atoms. The molecule has 0 rings (SSSR count). The maximum atomic E-state index is 13.0. The minimum Gasteiger partial charge on any atom is -0.481 e. The fourth-order valence-electron chi connectivity index (χ4n) is 3.21. The fourth-order valence-corrected chi connectivity index (χ4v) is 3.21. The largest absolute Gasteiger partial charge is 0.481 e. The van der Waals surface area contributed by atoms with E-state index in [0.717, 1.165) is 0 Å². The predicted molar refractivity (Wildman–Crippen MR) is 134 cm³/mol. The molecule has 0 aliphatic rings. The summed E-state index contributed by atoms with van der Waals surface area (Å²) in [4.78, 5) is 117. The number of nitrogens with one attached hydrogen (secondary N) is 4. The van der Waals surface area contributed by atoms with Crippen molar-refractivity contribution >= 4 is 59.4 Å². The van der Waals surface area contributed by atoms with Crippen LogP contribution in [0.3, 0.4) is 0 Å². The molecule has 4 amide bonds. The third-order valence-electron chi connectivity index (χ3n) is 5.30. The monoisotopic (exact) mass is 621 g/mol. The van der Waals surface area contributed by atoms with Gasteiger partial charge in [0.2, 0.25) is 23.6 Å². The fraction of sp³-hybridized carbons (Fsp3) is 0.545. The van der Waals surface area contributed by atoms with Crippen LogP contribution in [0.4, 0.5) is 0 Å². The first-order chi connectivity index (χ1) is 19.8. The van der Waals surface area contributed by atoms with E-state index in [-0.39, 0.29) is 0 Å². The number of nitrogens with two attached hydrogens (primary N) is 1. The summed E-state index contributed by atoms with van der Waals surface area (Å²) in [6, 6.07) is -9.36. The van der Waals surface area contributed by atoms with Crippen molar-refractivity contribution < 1.29 is 78.6 Å². The van der Waals surface area contributed by atoms with E-state index in [4.69, 9.17) is 36.4 Å². The number of carboxylic acids is 6. The molecule has 21 heteroatoms. The zero-order valence-electron chi connectivity index (χ0n) is 22.2. The summed E-state index contributed by atoms with van der Waals surface area (Å²) in [5.74, 6) is -14.8. The van der Waals surface area contributed by atoms with E-state index in [1.807, 2.05) is 21.3 Å². The molecule has 240 valence electrons. The van der Waals surface area contributed by atoms with Crippen LogP contribution in [0.2, 0.25) is 0 Å².